The van der Waals surface area contributed by atoms with Crippen molar-refractivity contribution in [2.24, 2.45) is 5.92 Å². The van der Waals surface area contributed by atoms with Crippen LogP contribution in [0.2, 0.25) is 0 Å². The first-order valence-corrected chi connectivity index (χ1v) is 8.40. The zero-order valence-electron chi connectivity index (χ0n) is 13.3. The van der Waals surface area contributed by atoms with E-state index in [-0.39, 0.29) is 12.0 Å². The molecule has 2 N–H and O–H groups in total. The fourth-order valence-electron chi connectivity index (χ4n) is 2.19. The van der Waals surface area contributed by atoms with Crippen LogP contribution in [0, 0.1) is 19.8 Å². The lowest BCUT2D eigenvalue weighted by atomic mass is 10.1. The van der Waals surface area contributed by atoms with Crippen molar-refractivity contribution in [3.63, 3.8) is 0 Å². The maximum Gasteiger partial charge on any atom is 0.243 e. The number of hydrogen-bond acceptors (Lipinski definition) is 3. The molecule has 0 fully saturated rings. The Morgan fingerprint density at radius 2 is 1.70 bits per heavy atom. The van der Waals surface area contributed by atoms with Crippen LogP contribution in [0.15, 0.2) is 17.0 Å². The zero-order valence-corrected chi connectivity index (χ0v) is 14.1. The van der Waals surface area contributed by atoms with Crippen molar-refractivity contribution in [3.8, 4) is 0 Å². The van der Waals surface area contributed by atoms with E-state index in [0.29, 0.717) is 17.1 Å². The smallest absolute Gasteiger partial charge is 0.243 e. The van der Waals surface area contributed by atoms with Gasteiger partial charge in [0.25, 0.3) is 0 Å². The van der Waals surface area contributed by atoms with Gasteiger partial charge in [0.05, 0.1) is 4.90 Å². The van der Waals surface area contributed by atoms with Crippen LogP contribution in [0.3, 0.4) is 0 Å². The minimum absolute atomic E-state index is 0.0801. The Balaban J connectivity index is 3.41. The third-order valence-corrected chi connectivity index (χ3v) is 5.52. The van der Waals surface area contributed by atoms with Crippen molar-refractivity contribution < 1.29 is 8.42 Å². The minimum Gasteiger partial charge on any atom is -0.399 e. The van der Waals surface area contributed by atoms with Gasteiger partial charge in [-0.25, -0.2) is 8.42 Å². The molecule has 0 bridgehead atoms. The van der Waals surface area contributed by atoms with E-state index in [1.165, 1.54) is 0 Å². The highest BCUT2D eigenvalue weighted by Crippen LogP contribution is 2.27. The van der Waals surface area contributed by atoms with Gasteiger partial charge < -0.3 is 5.73 Å². The second-order valence-corrected chi connectivity index (χ2v) is 7.88. The van der Waals surface area contributed by atoms with Crippen LogP contribution in [0.5, 0.6) is 0 Å². The Morgan fingerprint density at radius 1 is 1.15 bits per heavy atom. The van der Waals surface area contributed by atoms with Crippen LogP contribution in [0.1, 0.15) is 38.8 Å². The molecule has 5 heteroatoms. The van der Waals surface area contributed by atoms with Gasteiger partial charge in [0.15, 0.2) is 0 Å². The molecule has 0 heterocycles. The molecule has 0 atom stereocenters. The summed E-state index contributed by atoms with van der Waals surface area (Å²) < 4.78 is 27.4. The van der Waals surface area contributed by atoms with Crippen molar-refractivity contribution >= 4 is 15.7 Å². The number of hydrogen-bond donors (Lipinski definition) is 1. The first-order valence-electron chi connectivity index (χ1n) is 6.96. The van der Waals surface area contributed by atoms with Gasteiger partial charge in [-0.15, -0.1) is 0 Å². The first kappa shape index (κ1) is 17.0. The van der Waals surface area contributed by atoms with E-state index in [1.54, 1.807) is 16.4 Å². The Hall–Kier alpha value is -1.07. The molecule has 20 heavy (non-hydrogen) atoms. The zero-order chi connectivity index (χ0) is 15.7. The molecule has 4 nitrogen and oxygen atoms in total. The SMILES string of the molecule is Cc1cc(N)cc(S(=O)(=O)N(CC(C)C)C(C)C)c1C. The predicted octanol–water partition coefficient (Wildman–Crippen LogP) is 2.94. The van der Waals surface area contributed by atoms with E-state index < -0.39 is 10.0 Å². The quantitative estimate of drug-likeness (QED) is 0.850. The van der Waals surface area contributed by atoms with Gasteiger partial charge in [0.2, 0.25) is 10.0 Å². The summed E-state index contributed by atoms with van der Waals surface area (Å²) in [5.74, 6) is 0.273. The number of sulfonamides is 1. The monoisotopic (exact) mass is 298 g/mol. The van der Waals surface area contributed by atoms with E-state index in [2.05, 4.69) is 0 Å². The molecule has 0 spiro atoms. The molecule has 1 aromatic carbocycles. The predicted molar refractivity (Wildman–Crippen MR) is 84.2 cm³/mol. The Bertz CT molecular complexity index is 578. The highest BCUT2D eigenvalue weighted by molar-refractivity contribution is 7.89. The largest absolute Gasteiger partial charge is 0.399 e. The normalized spacial score (nSPS) is 12.7. The number of rotatable bonds is 5. The van der Waals surface area contributed by atoms with Gasteiger partial charge in [0, 0.05) is 18.3 Å². The van der Waals surface area contributed by atoms with E-state index in [9.17, 15) is 8.42 Å². The summed E-state index contributed by atoms with van der Waals surface area (Å²) in [5, 5.41) is 0. The van der Waals surface area contributed by atoms with E-state index in [4.69, 9.17) is 5.73 Å². The third kappa shape index (κ3) is 3.52. The number of benzene rings is 1. The molecule has 114 valence electrons. The first-order chi connectivity index (χ1) is 9.07. The fraction of sp³-hybridized carbons (Fsp3) is 0.600. The van der Waals surface area contributed by atoms with Crippen molar-refractivity contribution in [1.29, 1.82) is 0 Å². The maximum absolute atomic E-state index is 12.9. The molecule has 0 saturated heterocycles. The topological polar surface area (TPSA) is 63.4 Å². The molecule has 0 aliphatic carbocycles. The van der Waals surface area contributed by atoms with Crippen LogP contribution >= 0.6 is 0 Å². The molecule has 0 unspecified atom stereocenters. The fourth-order valence-corrected chi connectivity index (χ4v) is 4.33. The van der Waals surface area contributed by atoms with Gasteiger partial charge >= 0.3 is 0 Å². The minimum atomic E-state index is -3.52. The maximum atomic E-state index is 12.9. The van der Waals surface area contributed by atoms with Crippen molar-refractivity contribution in [1.82, 2.24) is 4.31 Å². The molecule has 1 rings (SSSR count). The lowest BCUT2D eigenvalue weighted by Crippen LogP contribution is -2.39. The number of nitrogens with two attached hydrogens (primary N) is 1. The van der Waals surface area contributed by atoms with Crippen LogP contribution in [-0.2, 0) is 10.0 Å². The molecule has 0 aromatic heterocycles. The second-order valence-electron chi connectivity index (χ2n) is 6.02. The van der Waals surface area contributed by atoms with E-state index >= 15 is 0 Å². The Labute approximate surface area is 123 Å². The lowest BCUT2D eigenvalue weighted by molar-refractivity contribution is 0.318. The van der Waals surface area contributed by atoms with E-state index in [0.717, 1.165) is 11.1 Å². The van der Waals surface area contributed by atoms with Crippen molar-refractivity contribution in [3.05, 3.63) is 23.3 Å². The molecular weight excluding hydrogens is 272 g/mol. The van der Waals surface area contributed by atoms with Gasteiger partial charge in [-0.3, -0.25) is 0 Å². The summed E-state index contributed by atoms with van der Waals surface area (Å²) >= 11 is 0. The third-order valence-electron chi connectivity index (χ3n) is 3.35. The highest BCUT2D eigenvalue weighted by Gasteiger charge is 2.29. The number of nitrogens with zero attached hydrogens (tertiary/aromatic N) is 1. The summed E-state index contributed by atoms with van der Waals surface area (Å²) in [5.41, 5.74) is 7.98. The van der Waals surface area contributed by atoms with Crippen molar-refractivity contribution in [2.75, 3.05) is 12.3 Å². The molecular formula is C15H26N2O2S. The summed E-state index contributed by atoms with van der Waals surface area (Å²) in [6.07, 6.45) is 0. The van der Waals surface area contributed by atoms with Crippen LogP contribution in [0.4, 0.5) is 5.69 Å². The summed E-state index contributed by atoms with van der Waals surface area (Å²) in [6, 6.07) is 3.28. The van der Waals surface area contributed by atoms with Gasteiger partial charge in [-0.2, -0.15) is 4.31 Å². The standard InChI is InChI=1S/C15H26N2O2S/c1-10(2)9-17(11(3)4)20(18,19)15-8-14(16)7-12(5)13(15)6/h7-8,10-11H,9,16H2,1-6H3. The second kappa shape index (κ2) is 6.14. The van der Waals surface area contributed by atoms with Crippen molar-refractivity contribution in [2.45, 2.75) is 52.5 Å². The van der Waals surface area contributed by atoms with Crippen LogP contribution in [0.25, 0.3) is 0 Å². The molecule has 0 saturated carbocycles. The summed E-state index contributed by atoms with van der Waals surface area (Å²) in [6.45, 7) is 12.0. The summed E-state index contributed by atoms with van der Waals surface area (Å²) in [7, 11) is -3.52. The van der Waals surface area contributed by atoms with E-state index in [1.807, 2.05) is 41.5 Å². The molecule has 1 aromatic rings. The average Bonchev–Trinajstić information content (AvgIpc) is 2.29. The van der Waals surface area contributed by atoms with Gasteiger partial charge in [-0.1, -0.05) is 13.8 Å². The Morgan fingerprint density at radius 3 is 2.15 bits per heavy atom. The van der Waals surface area contributed by atoms with Crippen LogP contribution in [-0.4, -0.2) is 25.3 Å². The lowest BCUT2D eigenvalue weighted by Gasteiger charge is -2.28. The molecule has 0 amide bonds. The van der Waals surface area contributed by atoms with Gasteiger partial charge in [0.1, 0.15) is 0 Å². The molecule has 0 aliphatic rings. The number of anilines is 1. The highest BCUT2D eigenvalue weighted by atomic mass is 32.2. The summed E-state index contributed by atoms with van der Waals surface area (Å²) in [4.78, 5) is 0.323. The van der Waals surface area contributed by atoms with Crippen LogP contribution < -0.4 is 5.73 Å². The number of aryl methyl sites for hydroxylation is 1. The molecule has 0 radical (unpaired) electrons. The Kier molecular flexibility index (Phi) is 5.21. The molecule has 0 aliphatic heterocycles. The average molecular weight is 298 g/mol. The number of nitrogen functional groups attached to an aromatic ring is 1. The van der Waals surface area contributed by atoms with Gasteiger partial charge in [-0.05, 0) is 56.9 Å².